The first-order valence-corrected chi connectivity index (χ1v) is 11.0. The van der Waals surface area contributed by atoms with Crippen LogP contribution in [-0.4, -0.2) is 10.4 Å². The van der Waals surface area contributed by atoms with Crippen LogP contribution in [0.5, 0.6) is 0 Å². The number of nitrogens with zero attached hydrogens (tertiary/aromatic N) is 2. The van der Waals surface area contributed by atoms with Crippen molar-refractivity contribution in [3.05, 3.63) is 77.0 Å². The molecule has 5 rings (SSSR count). The van der Waals surface area contributed by atoms with E-state index in [0.717, 1.165) is 30.4 Å². The minimum absolute atomic E-state index is 0.537. The number of benzene rings is 2. The number of amidine groups is 1. The van der Waals surface area contributed by atoms with Crippen molar-refractivity contribution in [2.24, 2.45) is 9.36 Å². The van der Waals surface area contributed by atoms with Crippen molar-refractivity contribution in [1.29, 1.82) is 0 Å². The molecule has 0 amide bonds. The predicted octanol–water partition coefficient (Wildman–Crippen LogP) is 5.94. The topological polar surface area (TPSA) is 47.8 Å². The summed E-state index contributed by atoms with van der Waals surface area (Å²) >= 11 is 2.94. The Kier molecular flexibility index (Phi) is 3.46. The molecular formula is C19H12N2OS3. The third-order valence-electron chi connectivity index (χ3n) is 4.08. The highest BCUT2D eigenvalue weighted by Crippen LogP contribution is 2.44. The van der Waals surface area contributed by atoms with E-state index in [1.807, 2.05) is 47.2 Å². The number of rotatable bonds is 2. The van der Waals surface area contributed by atoms with Gasteiger partial charge in [0.15, 0.2) is 4.21 Å². The molecule has 0 radical (unpaired) electrons. The van der Waals surface area contributed by atoms with Gasteiger partial charge in [0.05, 0.1) is 0 Å². The van der Waals surface area contributed by atoms with Gasteiger partial charge >= 0.3 is 0 Å². The van der Waals surface area contributed by atoms with E-state index in [1.165, 1.54) is 22.7 Å². The molecule has 0 fully saturated rings. The molecule has 2 aromatic carbocycles. The van der Waals surface area contributed by atoms with Crippen LogP contribution in [-0.2, 0) is 10.1 Å². The highest BCUT2D eigenvalue weighted by Gasteiger charge is 2.32. The largest absolute Gasteiger partial charge is 0.620 e. The Balaban J connectivity index is 1.75. The minimum Gasteiger partial charge on any atom is -0.620 e. The van der Waals surface area contributed by atoms with Gasteiger partial charge in [0.1, 0.15) is 5.69 Å². The van der Waals surface area contributed by atoms with E-state index in [0.29, 0.717) is 5.84 Å². The second-order valence-electron chi connectivity index (χ2n) is 5.64. The van der Waals surface area contributed by atoms with Crippen molar-refractivity contribution in [1.82, 2.24) is 0 Å². The molecule has 0 aliphatic carbocycles. The van der Waals surface area contributed by atoms with Crippen LogP contribution in [0, 0.1) is 0 Å². The first kappa shape index (κ1) is 15.2. The zero-order chi connectivity index (χ0) is 16.9. The summed E-state index contributed by atoms with van der Waals surface area (Å²) in [6.45, 7) is 0. The summed E-state index contributed by atoms with van der Waals surface area (Å²) in [5.74, 6) is 0.537. The molecule has 25 heavy (non-hydrogen) atoms. The molecule has 1 aliphatic heterocycles. The van der Waals surface area contributed by atoms with Crippen LogP contribution in [0.4, 0.5) is 5.69 Å². The lowest BCUT2D eigenvalue weighted by Crippen LogP contribution is -2.16. The SMILES string of the molecule is [O-][S+]1(c2cccs2)=NC(c2ccc3ccccc3c2)=Nc2ccsc21. The van der Waals surface area contributed by atoms with Gasteiger partial charge in [-0.1, -0.05) is 63.4 Å². The molecule has 3 heterocycles. The summed E-state index contributed by atoms with van der Waals surface area (Å²) in [7, 11) is -2.66. The molecule has 0 saturated heterocycles. The van der Waals surface area contributed by atoms with Crippen LogP contribution < -0.4 is 0 Å². The minimum atomic E-state index is -2.66. The Morgan fingerprint density at radius 2 is 1.72 bits per heavy atom. The molecule has 6 heteroatoms. The lowest BCUT2D eigenvalue weighted by molar-refractivity contribution is 0.588. The van der Waals surface area contributed by atoms with Crippen molar-refractivity contribution >= 4 is 55.1 Å². The number of fused-ring (bicyclic) bond motifs is 2. The molecule has 1 aliphatic rings. The fourth-order valence-electron chi connectivity index (χ4n) is 2.88. The fraction of sp³-hybridized carbons (Fsp3) is 0. The first-order chi connectivity index (χ1) is 12.2. The molecule has 0 spiro atoms. The van der Waals surface area contributed by atoms with E-state index in [1.54, 1.807) is 0 Å². The lowest BCUT2D eigenvalue weighted by Gasteiger charge is -2.22. The summed E-state index contributed by atoms with van der Waals surface area (Å²) in [5.41, 5.74) is 1.65. The first-order valence-electron chi connectivity index (χ1n) is 7.70. The monoisotopic (exact) mass is 380 g/mol. The summed E-state index contributed by atoms with van der Waals surface area (Å²) < 4.78 is 19.9. The number of hydrogen-bond donors (Lipinski definition) is 0. The molecular weight excluding hydrogens is 368 g/mol. The van der Waals surface area contributed by atoms with Crippen molar-refractivity contribution in [3.8, 4) is 0 Å². The second-order valence-corrected chi connectivity index (χ2v) is 10.1. The Labute approximate surface area is 154 Å². The van der Waals surface area contributed by atoms with Gasteiger partial charge in [-0.2, -0.15) is 0 Å². The lowest BCUT2D eigenvalue weighted by atomic mass is 10.1. The zero-order valence-electron chi connectivity index (χ0n) is 13.0. The normalized spacial score (nSPS) is 19.3. The maximum absolute atomic E-state index is 13.8. The third-order valence-corrected chi connectivity index (χ3v) is 9.19. The molecule has 4 aromatic rings. The molecule has 1 atom stereocenters. The average Bonchev–Trinajstić information content (AvgIpc) is 3.33. The van der Waals surface area contributed by atoms with Crippen molar-refractivity contribution in [3.63, 3.8) is 0 Å². The molecule has 0 bridgehead atoms. The Bertz CT molecular complexity index is 1170. The Hall–Kier alpha value is -2.12. The van der Waals surface area contributed by atoms with Crippen LogP contribution in [0.2, 0.25) is 0 Å². The molecule has 1 unspecified atom stereocenters. The van der Waals surface area contributed by atoms with E-state index in [9.17, 15) is 4.55 Å². The van der Waals surface area contributed by atoms with Gasteiger partial charge in [-0.05, 0) is 39.7 Å². The number of aliphatic imine (C=N–C) groups is 1. The smallest absolute Gasteiger partial charge is 0.222 e. The maximum atomic E-state index is 13.8. The van der Waals surface area contributed by atoms with Gasteiger partial charge < -0.3 is 4.55 Å². The number of hydrogen-bond acceptors (Lipinski definition) is 5. The molecule has 3 nitrogen and oxygen atoms in total. The predicted molar refractivity (Wildman–Crippen MR) is 106 cm³/mol. The van der Waals surface area contributed by atoms with Gasteiger partial charge in [0.25, 0.3) is 0 Å². The van der Waals surface area contributed by atoms with Crippen LogP contribution in [0.1, 0.15) is 5.56 Å². The van der Waals surface area contributed by atoms with Crippen LogP contribution in [0.3, 0.4) is 0 Å². The van der Waals surface area contributed by atoms with E-state index in [-0.39, 0.29) is 0 Å². The summed E-state index contributed by atoms with van der Waals surface area (Å²) in [6, 6.07) is 20.0. The maximum Gasteiger partial charge on any atom is 0.222 e. The standard InChI is InChI=1S/C19H12N2OS3/c22-25(17-6-3-10-23-17)19-16(9-11-24-19)20-18(21-25)15-8-7-13-4-1-2-5-14(13)12-15/h1-12H. The average molecular weight is 381 g/mol. The summed E-state index contributed by atoms with van der Waals surface area (Å²) in [4.78, 5) is 4.67. The molecule has 0 saturated carbocycles. The van der Waals surface area contributed by atoms with E-state index in [4.69, 9.17) is 0 Å². The Morgan fingerprint density at radius 1 is 0.840 bits per heavy atom. The van der Waals surface area contributed by atoms with Crippen LogP contribution in [0.25, 0.3) is 10.8 Å². The highest BCUT2D eigenvalue weighted by atomic mass is 32.3. The van der Waals surface area contributed by atoms with Gasteiger partial charge in [0.2, 0.25) is 10.0 Å². The summed E-state index contributed by atoms with van der Waals surface area (Å²) in [6.07, 6.45) is 0. The van der Waals surface area contributed by atoms with Crippen molar-refractivity contribution in [2.45, 2.75) is 8.42 Å². The summed E-state index contributed by atoms with van der Waals surface area (Å²) in [5, 5.41) is 6.15. The second kappa shape index (κ2) is 5.71. The van der Waals surface area contributed by atoms with E-state index >= 15 is 0 Å². The zero-order valence-corrected chi connectivity index (χ0v) is 15.4. The molecule has 0 N–H and O–H groups in total. The van der Waals surface area contributed by atoms with Gasteiger partial charge in [0, 0.05) is 21.7 Å². The van der Waals surface area contributed by atoms with Gasteiger partial charge in [-0.15, -0.1) is 0 Å². The van der Waals surface area contributed by atoms with Crippen molar-refractivity contribution < 1.29 is 4.55 Å². The van der Waals surface area contributed by atoms with Crippen LogP contribution in [0.15, 0.2) is 89.2 Å². The van der Waals surface area contributed by atoms with Gasteiger partial charge in [-0.25, -0.2) is 4.99 Å². The molecule has 2 aromatic heterocycles. The Morgan fingerprint density at radius 3 is 2.56 bits per heavy atom. The van der Waals surface area contributed by atoms with Gasteiger partial charge in [-0.3, -0.25) is 0 Å². The number of thiophene rings is 2. The quantitative estimate of drug-likeness (QED) is 0.397. The highest BCUT2D eigenvalue weighted by molar-refractivity contribution is 8.03. The van der Waals surface area contributed by atoms with Crippen LogP contribution >= 0.6 is 22.7 Å². The van der Waals surface area contributed by atoms with Crippen molar-refractivity contribution in [2.75, 3.05) is 0 Å². The molecule has 122 valence electrons. The van der Waals surface area contributed by atoms with E-state index < -0.39 is 10.1 Å². The third kappa shape index (κ3) is 2.41. The fourth-order valence-corrected chi connectivity index (χ4v) is 7.57. The van der Waals surface area contributed by atoms with E-state index in [2.05, 4.69) is 33.6 Å².